The number of benzene rings is 1. The van der Waals surface area contributed by atoms with Crippen LogP contribution < -0.4 is 0 Å². The van der Waals surface area contributed by atoms with Crippen molar-refractivity contribution in [3.63, 3.8) is 0 Å². The molecule has 2 aliphatic heterocycles. The summed E-state index contributed by atoms with van der Waals surface area (Å²) in [6.45, 7) is 5.63. The SMILES string of the molecule is CC1(O)C=C2c3ccccc3CC(C)(C)N2C1=O. The maximum absolute atomic E-state index is 12.3. The average molecular weight is 243 g/mol. The van der Waals surface area contributed by atoms with Gasteiger partial charge in [0.2, 0.25) is 0 Å². The van der Waals surface area contributed by atoms with Crippen LogP contribution in [0.2, 0.25) is 0 Å². The number of aliphatic hydroxyl groups is 1. The number of carbonyl (C=O) groups excluding carboxylic acids is 1. The van der Waals surface area contributed by atoms with Crippen molar-refractivity contribution in [2.24, 2.45) is 0 Å². The average Bonchev–Trinajstić information content (AvgIpc) is 2.50. The third kappa shape index (κ3) is 1.37. The molecular weight excluding hydrogens is 226 g/mol. The molecule has 1 unspecified atom stereocenters. The third-order valence-corrected chi connectivity index (χ3v) is 3.82. The van der Waals surface area contributed by atoms with Crippen molar-refractivity contribution in [3.8, 4) is 0 Å². The molecule has 2 aliphatic rings. The molecule has 1 aromatic rings. The van der Waals surface area contributed by atoms with Gasteiger partial charge in [0.15, 0.2) is 5.60 Å². The zero-order chi connectivity index (χ0) is 13.1. The highest BCUT2D eigenvalue weighted by molar-refractivity contribution is 6.02. The Morgan fingerprint density at radius 1 is 1.22 bits per heavy atom. The van der Waals surface area contributed by atoms with Gasteiger partial charge < -0.3 is 10.0 Å². The van der Waals surface area contributed by atoms with Gasteiger partial charge >= 0.3 is 0 Å². The molecule has 18 heavy (non-hydrogen) atoms. The molecule has 1 aromatic carbocycles. The van der Waals surface area contributed by atoms with Gasteiger partial charge in [0.05, 0.1) is 5.70 Å². The molecule has 2 heterocycles. The van der Waals surface area contributed by atoms with E-state index in [2.05, 4.69) is 6.07 Å². The second-order valence-corrected chi connectivity index (χ2v) is 5.96. The maximum atomic E-state index is 12.3. The van der Waals surface area contributed by atoms with Crippen molar-refractivity contribution in [1.29, 1.82) is 0 Å². The van der Waals surface area contributed by atoms with E-state index in [9.17, 15) is 9.90 Å². The molecule has 1 amide bonds. The van der Waals surface area contributed by atoms with E-state index < -0.39 is 5.60 Å². The van der Waals surface area contributed by atoms with Crippen molar-refractivity contribution < 1.29 is 9.90 Å². The van der Waals surface area contributed by atoms with E-state index in [1.54, 1.807) is 17.9 Å². The molecule has 0 spiro atoms. The molecule has 0 aromatic heterocycles. The number of rotatable bonds is 0. The van der Waals surface area contributed by atoms with E-state index in [0.29, 0.717) is 0 Å². The number of hydrogen-bond donors (Lipinski definition) is 1. The molecule has 0 aliphatic carbocycles. The second kappa shape index (κ2) is 3.23. The van der Waals surface area contributed by atoms with Crippen molar-refractivity contribution in [3.05, 3.63) is 41.5 Å². The van der Waals surface area contributed by atoms with E-state index in [1.165, 1.54) is 5.56 Å². The molecule has 1 atom stereocenters. The minimum Gasteiger partial charge on any atom is -0.376 e. The van der Waals surface area contributed by atoms with Crippen LogP contribution in [0, 0.1) is 0 Å². The molecule has 1 N–H and O–H groups in total. The molecule has 0 radical (unpaired) electrons. The van der Waals surface area contributed by atoms with Crippen LogP contribution in [0.4, 0.5) is 0 Å². The predicted octanol–water partition coefficient (Wildman–Crippen LogP) is 1.96. The van der Waals surface area contributed by atoms with Gasteiger partial charge in [-0.2, -0.15) is 0 Å². The molecule has 3 nitrogen and oxygen atoms in total. The zero-order valence-corrected chi connectivity index (χ0v) is 10.9. The summed E-state index contributed by atoms with van der Waals surface area (Å²) in [4.78, 5) is 14.1. The first-order chi connectivity index (χ1) is 8.33. The Bertz CT molecular complexity index is 570. The lowest BCUT2D eigenvalue weighted by Crippen LogP contribution is -2.52. The van der Waals surface area contributed by atoms with Crippen LogP contribution in [-0.4, -0.2) is 27.1 Å². The van der Waals surface area contributed by atoms with Crippen LogP contribution in [0.25, 0.3) is 5.70 Å². The minimum atomic E-state index is -1.38. The number of amides is 1. The number of carbonyl (C=O) groups is 1. The van der Waals surface area contributed by atoms with Gasteiger partial charge in [0, 0.05) is 11.1 Å². The summed E-state index contributed by atoms with van der Waals surface area (Å²) in [7, 11) is 0. The fourth-order valence-electron chi connectivity index (χ4n) is 3.00. The summed E-state index contributed by atoms with van der Waals surface area (Å²) in [6, 6.07) is 8.08. The number of fused-ring (bicyclic) bond motifs is 3. The van der Waals surface area contributed by atoms with Gasteiger partial charge in [-0.3, -0.25) is 4.79 Å². The Hall–Kier alpha value is -1.61. The first-order valence-electron chi connectivity index (χ1n) is 6.21. The normalized spacial score (nSPS) is 28.8. The highest BCUT2D eigenvalue weighted by atomic mass is 16.3. The van der Waals surface area contributed by atoms with Gasteiger partial charge in [0.25, 0.3) is 5.91 Å². The fraction of sp³-hybridized carbons (Fsp3) is 0.400. The Labute approximate surface area is 107 Å². The lowest BCUT2D eigenvalue weighted by Gasteiger charge is -2.42. The lowest BCUT2D eigenvalue weighted by molar-refractivity contribution is -0.143. The number of nitrogens with zero attached hydrogens (tertiary/aromatic N) is 1. The standard InChI is InChI=1S/C15H17NO2/c1-14(2)8-10-6-4-5-7-11(10)12-9-15(3,18)13(17)16(12)14/h4-7,9,18H,8H2,1-3H3. The molecule has 3 rings (SSSR count). The topological polar surface area (TPSA) is 40.5 Å². The van der Waals surface area contributed by atoms with Crippen molar-refractivity contribution in [1.82, 2.24) is 4.90 Å². The van der Waals surface area contributed by atoms with E-state index in [0.717, 1.165) is 17.7 Å². The van der Waals surface area contributed by atoms with E-state index in [4.69, 9.17) is 0 Å². The van der Waals surface area contributed by atoms with Gasteiger partial charge in [-0.05, 0) is 38.8 Å². The van der Waals surface area contributed by atoms with Crippen LogP contribution in [-0.2, 0) is 11.2 Å². The first kappa shape index (κ1) is 11.5. The number of hydrogen-bond acceptors (Lipinski definition) is 2. The Kier molecular flexibility index (Phi) is 2.06. The van der Waals surface area contributed by atoms with Crippen molar-refractivity contribution >= 4 is 11.6 Å². The lowest BCUT2D eigenvalue weighted by atomic mass is 9.84. The third-order valence-electron chi connectivity index (χ3n) is 3.82. The highest BCUT2D eigenvalue weighted by Gasteiger charge is 2.49. The van der Waals surface area contributed by atoms with Crippen molar-refractivity contribution in [2.45, 2.75) is 38.3 Å². The Morgan fingerprint density at radius 2 is 1.89 bits per heavy atom. The fourth-order valence-corrected chi connectivity index (χ4v) is 3.00. The molecule has 3 heteroatoms. The maximum Gasteiger partial charge on any atom is 0.263 e. The van der Waals surface area contributed by atoms with Crippen LogP contribution >= 0.6 is 0 Å². The van der Waals surface area contributed by atoms with E-state index >= 15 is 0 Å². The first-order valence-corrected chi connectivity index (χ1v) is 6.21. The van der Waals surface area contributed by atoms with Crippen LogP contribution in [0.5, 0.6) is 0 Å². The van der Waals surface area contributed by atoms with Crippen LogP contribution in [0.1, 0.15) is 31.9 Å². The zero-order valence-electron chi connectivity index (χ0n) is 10.9. The van der Waals surface area contributed by atoms with Gasteiger partial charge in [-0.1, -0.05) is 24.3 Å². The molecule has 0 saturated carbocycles. The van der Waals surface area contributed by atoms with E-state index in [1.807, 2.05) is 32.0 Å². The Balaban J connectivity index is 2.25. The monoisotopic (exact) mass is 243 g/mol. The smallest absolute Gasteiger partial charge is 0.263 e. The van der Waals surface area contributed by atoms with Gasteiger partial charge in [-0.15, -0.1) is 0 Å². The second-order valence-electron chi connectivity index (χ2n) is 5.96. The summed E-state index contributed by atoms with van der Waals surface area (Å²) >= 11 is 0. The minimum absolute atomic E-state index is 0.225. The Morgan fingerprint density at radius 3 is 2.61 bits per heavy atom. The van der Waals surface area contributed by atoms with Gasteiger partial charge in [0.1, 0.15) is 0 Å². The molecule has 0 fully saturated rings. The summed E-state index contributed by atoms with van der Waals surface area (Å²) in [5.74, 6) is -0.225. The quantitative estimate of drug-likeness (QED) is 0.756. The summed E-state index contributed by atoms with van der Waals surface area (Å²) in [5, 5.41) is 10.2. The molecule has 0 bridgehead atoms. The molecular formula is C15H17NO2. The van der Waals surface area contributed by atoms with Crippen LogP contribution in [0.15, 0.2) is 30.3 Å². The predicted molar refractivity (Wildman–Crippen MR) is 69.7 cm³/mol. The molecule has 0 saturated heterocycles. The molecule has 94 valence electrons. The summed E-state index contributed by atoms with van der Waals surface area (Å²) in [6.07, 6.45) is 2.48. The van der Waals surface area contributed by atoms with Crippen LogP contribution in [0.3, 0.4) is 0 Å². The summed E-state index contributed by atoms with van der Waals surface area (Å²) in [5.41, 5.74) is 1.46. The van der Waals surface area contributed by atoms with Gasteiger partial charge in [-0.25, -0.2) is 0 Å². The summed E-state index contributed by atoms with van der Waals surface area (Å²) < 4.78 is 0. The largest absolute Gasteiger partial charge is 0.376 e. The van der Waals surface area contributed by atoms with E-state index in [-0.39, 0.29) is 11.4 Å². The van der Waals surface area contributed by atoms with Crippen molar-refractivity contribution in [2.75, 3.05) is 0 Å². The highest BCUT2D eigenvalue weighted by Crippen LogP contribution is 2.44.